The number of pyridine rings is 1. The van der Waals surface area contributed by atoms with Crippen LogP contribution in [0.5, 0.6) is 0 Å². The van der Waals surface area contributed by atoms with E-state index in [9.17, 15) is 9.59 Å². The molecule has 1 aliphatic carbocycles. The van der Waals surface area contributed by atoms with E-state index in [2.05, 4.69) is 10.3 Å². The van der Waals surface area contributed by atoms with Gasteiger partial charge in [-0.15, -0.1) is 0 Å². The molecule has 1 amide bonds. The summed E-state index contributed by atoms with van der Waals surface area (Å²) in [6.45, 7) is 2.83. The van der Waals surface area contributed by atoms with Crippen LogP contribution >= 0.6 is 24.0 Å². The molecule has 2 aliphatic rings. The minimum atomic E-state index is -0.261. The zero-order chi connectivity index (χ0) is 22.7. The zero-order valence-electron chi connectivity index (χ0n) is 17.9. The summed E-state index contributed by atoms with van der Waals surface area (Å²) in [4.78, 5) is 33.3. The van der Waals surface area contributed by atoms with Crippen molar-refractivity contribution < 1.29 is 14.6 Å². The van der Waals surface area contributed by atoms with E-state index in [1.165, 1.54) is 16.2 Å². The van der Waals surface area contributed by atoms with Gasteiger partial charge in [-0.2, -0.15) is 0 Å². The van der Waals surface area contributed by atoms with Crippen LogP contribution in [0, 0.1) is 6.92 Å². The number of carbonyl (C=O) groups is 1. The second kappa shape index (κ2) is 10.1. The number of amides is 1. The van der Waals surface area contributed by atoms with Gasteiger partial charge in [0.25, 0.3) is 11.5 Å². The number of nitrogens with one attached hydrogen (secondary N) is 1. The highest BCUT2D eigenvalue weighted by atomic mass is 32.2. The highest BCUT2D eigenvalue weighted by Crippen LogP contribution is 2.38. The Kier molecular flexibility index (Phi) is 7.24. The molecule has 32 heavy (non-hydrogen) atoms. The van der Waals surface area contributed by atoms with Crippen molar-refractivity contribution in [3.05, 3.63) is 44.7 Å². The third-order valence-corrected chi connectivity index (χ3v) is 6.98. The number of thiocarbonyl (C=S) groups is 1. The fraction of sp³-hybridized carbons (Fsp3) is 0.455. The first-order valence-corrected chi connectivity index (χ1v) is 11.9. The quantitative estimate of drug-likeness (QED) is 0.342. The molecule has 4 rings (SSSR count). The summed E-state index contributed by atoms with van der Waals surface area (Å²) >= 11 is 6.73. The Morgan fingerprint density at radius 2 is 2.12 bits per heavy atom. The molecule has 1 aliphatic heterocycles. The van der Waals surface area contributed by atoms with Crippen molar-refractivity contribution in [1.82, 2.24) is 14.3 Å². The molecule has 2 N–H and O–H groups in total. The molecule has 0 bridgehead atoms. The fourth-order valence-corrected chi connectivity index (χ4v) is 5.46. The van der Waals surface area contributed by atoms with Crippen molar-refractivity contribution in [2.45, 2.75) is 38.6 Å². The number of hydrogen-bond donors (Lipinski definition) is 2. The van der Waals surface area contributed by atoms with Gasteiger partial charge in [0.05, 0.1) is 30.3 Å². The van der Waals surface area contributed by atoms with Crippen LogP contribution in [0.4, 0.5) is 5.82 Å². The zero-order valence-corrected chi connectivity index (χ0v) is 19.5. The molecule has 3 heterocycles. The molecule has 1 saturated carbocycles. The van der Waals surface area contributed by atoms with E-state index in [1.54, 1.807) is 23.2 Å². The Morgan fingerprint density at radius 1 is 1.34 bits per heavy atom. The predicted molar refractivity (Wildman–Crippen MR) is 130 cm³/mol. The van der Waals surface area contributed by atoms with Crippen LogP contribution in [0.3, 0.4) is 0 Å². The number of carbonyl (C=O) groups excluding carboxylic acids is 1. The first kappa shape index (κ1) is 22.9. The number of rotatable bonds is 8. The lowest BCUT2D eigenvalue weighted by atomic mass is 10.2. The number of nitrogens with zero attached hydrogens (tertiary/aromatic N) is 3. The molecule has 0 radical (unpaired) electrons. The fourth-order valence-electron chi connectivity index (χ4n) is 4.07. The van der Waals surface area contributed by atoms with E-state index >= 15 is 0 Å². The predicted octanol–water partition coefficient (Wildman–Crippen LogP) is 2.57. The Balaban J connectivity index is 1.71. The molecule has 0 unspecified atom stereocenters. The number of thioether (sulfide) groups is 1. The molecular formula is C22H26N4O4S2. The molecule has 10 heteroatoms. The van der Waals surface area contributed by atoms with Crippen molar-refractivity contribution >= 4 is 51.7 Å². The van der Waals surface area contributed by atoms with Gasteiger partial charge in [0.15, 0.2) is 0 Å². The number of anilines is 1. The van der Waals surface area contributed by atoms with Gasteiger partial charge in [-0.1, -0.05) is 42.9 Å². The molecule has 2 fully saturated rings. The van der Waals surface area contributed by atoms with Crippen molar-refractivity contribution in [2.24, 2.45) is 0 Å². The summed E-state index contributed by atoms with van der Waals surface area (Å²) in [5.74, 6) is 0.251. The molecule has 2 aromatic heterocycles. The van der Waals surface area contributed by atoms with E-state index in [1.807, 2.05) is 13.0 Å². The van der Waals surface area contributed by atoms with Crippen molar-refractivity contribution in [2.75, 3.05) is 31.7 Å². The van der Waals surface area contributed by atoms with E-state index in [4.69, 9.17) is 22.1 Å². The van der Waals surface area contributed by atoms with Crippen LogP contribution in [0.15, 0.2) is 28.0 Å². The molecule has 0 atom stereocenters. The number of aliphatic hydroxyl groups is 1. The first-order valence-electron chi connectivity index (χ1n) is 10.7. The maximum Gasteiger partial charge on any atom is 0.267 e. The van der Waals surface area contributed by atoms with Crippen LogP contribution in [-0.4, -0.2) is 62.0 Å². The second-order valence-corrected chi connectivity index (χ2v) is 9.49. The van der Waals surface area contributed by atoms with Crippen LogP contribution in [-0.2, 0) is 9.53 Å². The topological polar surface area (TPSA) is 96.2 Å². The van der Waals surface area contributed by atoms with Gasteiger partial charge in [-0.05, 0) is 37.5 Å². The molecule has 0 spiro atoms. The SMILES string of the molecule is Cc1cccn2c(=O)c(/C=C3/SC(=S)N(C4CCCC4)C3=O)c(NCCOCCO)nc12. The molecule has 170 valence electrons. The number of aliphatic hydroxyl groups excluding tert-OH is 1. The van der Waals surface area contributed by atoms with Gasteiger partial charge in [-0.3, -0.25) is 18.9 Å². The highest BCUT2D eigenvalue weighted by Gasteiger charge is 2.38. The standard InChI is InChI=1S/C22H26N4O4S2/c1-14-5-4-9-25-19(14)24-18(23-8-11-30-12-10-27)16(20(25)28)13-17-21(29)26(22(31)32-17)15-6-2-3-7-15/h4-5,9,13,15,23,27H,2-3,6-8,10-12H2,1H3/b17-13+. The van der Waals surface area contributed by atoms with Gasteiger partial charge in [0.2, 0.25) is 0 Å². The van der Waals surface area contributed by atoms with Gasteiger partial charge < -0.3 is 15.2 Å². The van der Waals surface area contributed by atoms with Crippen molar-refractivity contribution in [3.63, 3.8) is 0 Å². The number of fused-ring (bicyclic) bond motifs is 1. The summed E-state index contributed by atoms with van der Waals surface area (Å²) in [7, 11) is 0. The average Bonchev–Trinajstić information content (AvgIpc) is 3.39. The number of aryl methyl sites for hydroxylation is 1. The van der Waals surface area contributed by atoms with Gasteiger partial charge >= 0.3 is 0 Å². The maximum absolute atomic E-state index is 13.4. The van der Waals surface area contributed by atoms with E-state index in [-0.39, 0.29) is 30.7 Å². The lowest BCUT2D eigenvalue weighted by Gasteiger charge is -2.21. The Labute approximate surface area is 195 Å². The van der Waals surface area contributed by atoms with Gasteiger partial charge in [0, 0.05) is 18.8 Å². The van der Waals surface area contributed by atoms with E-state index < -0.39 is 0 Å². The summed E-state index contributed by atoms with van der Waals surface area (Å²) in [5.41, 5.74) is 1.46. The van der Waals surface area contributed by atoms with Crippen LogP contribution in [0.2, 0.25) is 0 Å². The summed E-state index contributed by atoms with van der Waals surface area (Å²) in [5, 5.41) is 12.0. The maximum atomic E-state index is 13.4. The van der Waals surface area contributed by atoms with Crippen LogP contribution in [0.25, 0.3) is 11.7 Å². The molecule has 0 aromatic carbocycles. The summed E-state index contributed by atoms with van der Waals surface area (Å²) < 4.78 is 7.34. The molecular weight excluding hydrogens is 448 g/mol. The Morgan fingerprint density at radius 3 is 2.88 bits per heavy atom. The number of aromatic nitrogens is 2. The molecule has 8 nitrogen and oxygen atoms in total. The molecule has 2 aromatic rings. The van der Waals surface area contributed by atoms with E-state index in [0.717, 1.165) is 31.2 Å². The van der Waals surface area contributed by atoms with E-state index in [0.29, 0.717) is 39.4 Å². The Hall–Kier alpha value is -2.27. The third-order valence-electron chi connectivity index (χ3n) is 5.65. The van der Waals surface area contributed by atoms with Gasteiger partial charge in [-0.25, -0.2) is 4.98 Å². The van der Waals surface area contributed by atoms with Gasteiger partial charge in [0.1, 0.15) is 15.8 Å². The third kappa shape index (κ3) is 4.59. The lowest BCUT2D eigenvalue weighted by molar-refractivity contribution is -0.123. The number of ether oxygens (including phenoxy) is 1. The highest BCUT2D eigenvalue weighted by molar-refractivity contribution is 8.26. The summed E-state index contributed by atoms with van der Waals surface area (Å²) in [6.07, 6.45) is 7.40. The van der Waals surface area contributed by atoms with Crippen LogP contribution < -0.4 is 10.9 Å². The molecule has 1 saturated heterocycles. The Bertz CT molecular complexity index is 1120. The lowest BCUT2D eigenvalue weighted by Crippen LogP contribution is -2.36. The van der Waals surface area contributed by atoms with Crippen molar-refractivity contribution in [1.29, 1.82) is 0 Å². The average molecular weight is 475 g/mol. The minimum absolute atomic E-state index is 0.0527. The largest absolute Gasteiger partial charge is 0.394 e. The normalized spacial score (nSPS) is 18.4. The monoisotopic (exact) mass is 474 g/mol. The summed E-state index contributed by atoms with van der Waals surface area (Å²) in [6, 6.07) is 3.83. The number of hydrogen-bond acceptors (Lipinski definition) is 8. The van der Waals surface area contributed by atoms with Crippen molar-refractivity contribution in [3.8, 4) is 0 Å². The minimum Gasteiger partial charge on any atom is -0.394 e. The second-order valence-electron chi connectivity index (χ2n) is 7.82. The van der Waals surface area contributed by atoms with Crippen LogP contribution in [0.1, 0.15) is 36.8 Å². The smallest absolute Gasteiger partial charge is 0.267 e. The first-order chi connectivity index (χ1) is 15.5.